The highest BCUT2D eigenvalue weighted by Gasteiger charge is 2.10. The van der Waals surface area contributed by atoms with Gasteiger partial charge in [0.15, 0.2) is 5.78 Å². The lowest BCUT2D eigenvalue weighted by Crippen LogP contribution is -2.06. The van der Waals surface area contributed by atoms with E-state index in [1.807, 2.05) is 54.6 Å². The molecule has 4 heteroatoms. The van der Waals surface area contributed by atoms with Crippen molar-refractivity contribution < 1.29 is 4.79 Å². The normalized spacial score (nSPS) is 11.1. The highest BCUT2D eigenvalue weighted by Crippen LogP contribution is 2.29. The lowest BCUT2D eigenvalue weighted by atomic mass is 9.97. The number of hydrogen-bond acceptors (Lipinski definition) is 4. The average Bonchev–Trinajstić information content (AvgIpc) is 2.93. The van der Waals surface area contributed by atoms with Crippen molar-refractivity contribution in [3.8, 4) is 22.3 Å². The molecule has 0 amide bonds. The second kappa shape index (κ2) is 10.5. The number of nitrogens with one attached hydrogen (secondary N) is 1. The van der Waals surface area contributed by atoms with Crippen LogP contribution in [0.5, 0.6) is 0 Å². The highest BCUT2D eigenvalue weighted by molar-refractivity contribution is 6.09. The van der Waals surface area contributed by atoms with Crippen molar-refractivity contribution in [2.45, 2.75) is 20.3 Å². The summed E-state index contributed by atoms with van der Waals surface area (Å²) in [6, 6.07) is 32.0. The van der Waals surface area contributed by atoms with E-state index in [0.29, 0.717) is 17.0 Å². The summed E-state index contributed by atoms with van der Waals surface area (Å²) in [5.74, 6) is 1.56. The standard InChI is InChI=1S/C32H29N3O/c1-22(2)18-19-33-32-29-20-28(16-17-30(29)34-21-35-32)25-10-8-23(9-11-25)24-12-14-27(15-13-24)31(36)26-6-4-3-5-7-26/h3-17,20-22H,18-19H2,1-2H3,(H,33,34,35). The SMILES string of the molecule is CC(C)CCNc1ncnc2ccc(-c3ccc(-c4ccc(C(=O)c5ccccc5)cc4)cc3)cc12. The Morgan fingerprint density at radius 1 is 0.722 bits per heavy atom. The number of benzene rings is 4. The molecule has 0 atom stereocenters. The molecule has 0 saturated carbocycles. The number of nitrogens with zero attached hydrogens (tertiary/aromatic N) is 2. The number of anilines is 1. The summed E-state index contributed by atoms with van der Waals surface area (Å²) in [4.78, 5) is 21.6. The molecule has 5 rings (SSSR count). The summed E-state index contributed by atoms with van der Waals surface area (Å²) in [5, 5.41) is 4.51. The van der Waals surface area contributed by atoms with E-state index in [1.54, 1.807) is 6.33 Å². The summed E-state index contributed by atoms with van der Waals surface area (Å²) >= 11 is 0. The molecular formula is C32H29N3O. The number of carbonyl (C=O) groups is 1. The van der Waals surface area contributed by atoms with Crippen LogP contribution in [0, 0.1) is 5.92 Å². The van der Waals surface area contributed by atoms with Crippen molar-refractivity contribution >= 4 is 22.5 Å². The van der Waals surface area contributed by atoms with Crippen LogP contribution in [0.15, 0.2) is 103 Å². The van der Waals surface area contributed by atoms with Crippen LogP contribution in [0.1, 0.15) is 36.2 Å². The molecule has 0 fully saturated rings. The van der Waals surface area contributed by atoms with Gasteiger partial charge in [-0.05, 0) is 46.7 Å². The van der Waals surface area contributed by atoms with Crippen molar-refractivity contribution in [1.29, 1.82) is 0 Å². The van der Waals surface area contributed by atoms with Gasteiger partial charge in [-0.2, -0.15) is 0 Å². The summed E-state index contributed by atoms with van der Waals surface area (Å²) in [6.07, 6.45) is 2.71. The first-order valence-corrected chi connectivity index (χ1v) is 12.4. The molecule has 0 aliphatic heterocycles. The number of ketones is 1. The summed E-state index contributed by atoms with van der Waals surface area (Å²) in [7, 11) is 0. The summed E-state index contributed by atoms with van der Waals surface area (Å²) in [6.45, 7) is 5.33. The third-order valence-electron chi connectivity index (χ3n) is 6.38. The number of rotatable bonds is 8. The molecule has 5 aromatic rings. The fourth-order valence-corrected chi connectivity index (χ4v) is 4.28. The molecule has 1 heterocycles. The smallest absolute Gasteiger partial charge is 0.193 e. The molecule has 4 nitrogen and oxygen atoms in total. The van der Waals surface area contributed by atoms with Crippen LogP contribution >= 0.6 is 0 Å². The van der Waals surface area contributed by atoms with Crippen molar-refractivity contribution in [1.82, 2.24) is 9.97 Å². The minimum atomic E-state index is 0.0378. The molecule has 0 unspecified atom stereocenters. The maximum Gasteiger partial charge on any atom is 0.193 e. The first-order chi connectivity index (χ1) is 17.6. The minimum Gasteiger partial charge on any atom is -0.369 e. The van der Waals surface area contributed by atoms with Crippen LogP contribution in [0.3, 0.4) is 0 Å². The second-order valence-electron chi connectivity index (χ2n) is 9.41. The van der Waals surface area contributed by atoms with E-state index in [4.69, 9.17) is 0 Å². The van der Waals surface area contributed by atoms with Gasteiger partial charge in [0, 0.05) is 23.1 Å². The van der Waals surface area contributed by atoms with Crippen LogP contribution in [-0.4, -0.2) is 22.3 Å². The molecule has 1 aromatic heterocycles. The predicted octanol–water partition coefficient (Wildman–Crippen LogP) is 7.65. The predicted molar refractivity (Wildman–Crippen MR) is 148 cm³/mol. The van der Waals surface area contributed by atoms with E-state index in [1.165, 1.54) is 0 Å². The molecular weight excluding hydrogens is 442 g/mol. The lowest BCUT2D eigenvalue weighted by Gasteiger charge is -2.11. The maximum atomic E-state index is 12.7. The number of carbonyl (C=O) groups excluding carboxylic acids is 1. The van der Waals surface area contributed by atoms with Gasteiger partial charge in [0.2, 0.25) is 0 Å². The molecule has 0 spiro atoms. The van der Waals surface area contributed by atoms with Gasteiger partial charge in [-0.1, -0.05) is 98.8 Å². The van der Waals surface area contributed by atoms with Crippen molar-refractivity contribution in [2.75, 3.05) is 11.9 Å². The van der Waals surface area contributed by atoms with E-state index in [2.05, 4.69) is 71.6 Å². The lowest BCUT2D eigenvalue weighted by molar-refractivity contribution is 0.103. The van der Waals surface area contributed by atoms with Crippen LogP contribution in [-0.2, 0) is 0 Å². The minimum absolute atomic E-state index is 0.0378. The van der Waals surface area contributed by atoms with Gasteiger partial charge in [-0.3, -0.25) is 4.79 Å². The first-order valence-electron chi connectivity index (χ1n) is 12.4. The molecule has 178 valence electrons. The fraction of sp³-hybridized carbons (Fsp3) is 0.156. The van der Waals surface area contributed by atoms with E-state index in [0.717, 1.165) is 51.9 Å². The monoisotopic (exact) mass is 471 g/mol. The number of hydrogen-bond donors (Lipinski definition) is 1. The van der Waals surface area contributed by atoms with E-state index in [9.17, 15) is 4.79 Å². The topological polar surface area (TPSA) is 54.9 Å². The zero-order valence-corrected chi connectivity index (χ0v) is 20.6. The Labute approximate surface area is 212 Å². The van der Waals surface area contributed by atoms with Crippen molar-refractivity contribution in [3.05, 3.63) is 115 Å². The Balaban J connectivity index is 1.36. The maximum absolute atomic E-state index is 12.7. The van der Waals surface area contributed by atoms with Crippen LogP contribution in [0.2, 0.25) is 0 Å². The third-order valence-corrected chi connectivity index (χ3v) is 6.38. The molecule has 4 aromatic carbocycles. The van der Waals surface area contributed by atoms with Crippen LogP contribution in [0.4, 0.5) is 5.82 Å². The number of fused-ring (bicyclic) bond motifs is 1. The zero-order chi connectivity index (χ0) is 24.9. The Bertz CT molecular complexity index is 1470. The van der Waals surface area contributed by atoms with Crippen molar-refractivity contribution in [2.24, 2.45) is 5.92 Å². The first kappa shape index (κ1) is 23.4. The van der Waals surface area contributed by atoms with E-state index >= 15 is 0 Å². The molecule has 0 aliphatic rings. The average molecular weight is 472 g/mol. The molecule has 1 N–H and O–H groups in total. The Morgan fingerprint density at radius 2 is 1.31 bits per heavy atom. The quantitative estimate of drug-likeness (QED) is 0.236. The molecule has 0 saturated heterocycles. The summed E-state index contributed by atoms with van der Waals surface area (Å²) in [5.41, 5.74) is 6.77. The molecule has 0 radical (unpaired) electrons. The third kappa shape index (κ3) is 5.18. The molecule has 36 heavy (non-hydrogen) atoms. The Kier molecular flexibility index (Phi) is 6.85. The van der Waals surface area contributed by atoms with Gasteiger partial charge in [0.1, 0.15) is 12.1 Å². The zero-order valence-electron chi connectivity index (χ0n) is 20.6. The number of aromatic nitrogens is 2. The van der Waals surface area contributed by atoms with Crippen molar-refractivity contribution in [3.63, 3.8) is 0 Å². The highest BCUT2D eigenvalue weighted by atomic mass is 16.1. The van der Waals surface area contributed by atoms with E-state index in [-0.39, 0.29) is 5.78 Å². The van der Waals surface area contributed by atoms with Gasteiger partial charge in [0.05, 0.1) is 5.52 Å². The molecule has 0 aliphatic carbocycles. The van der Waals surface area contributed by atoms with Gasteiger partial charge in [-0.25, -0.2) is 9.97 Å². The molecule has 0 bridgehead atoms. The summed E-state index contributed by atoms with van der Waals surface area (Å²) < 4.78 is 0. The Hall–Kier alpha value is -4.31. The fourth-order valence-electron chi connectivity index (χ4n) is 4.28. The van der Waals surface area contributed by atoms with Gasteiger partial charge in [-0.15, -0.1) is 0 Å². The van der Waals surface area contributed by atoms with Crippen LogP contribution < -0.4 is 5.32 Å². The van der Waals surface area contributed by atoms with Gasteiger partial charge in [0.25, 0.3) is 0 Å². The van der Waals surface area contributed by atoms with Gasteiger partial charge < -0.3 is 5.32 Å². The van der Waals surface area contributed by atoms with Crippen LogP contribution in [0.25, 0.3) is 33.2 Å². The van der Waals surface area contributed by atoms with E-state index < -0.39 is 0 Å². The largest absolute Gasteiger partial charge is 0.369 e. The second-order valence-corrected chi connectivity index (χ2v) is 9.41. The van der Waals surface area contributed by atoms with Gasteiger partial charge >= 0.3 is 0 Å². The Morgan fingerprint density at radius 3 is 1.97 bits per heavy atom.